The van der Waals surface area contributed by atoms with Crippen molar-refractivity contribution in [1.82, 2.24) is 9.21 Å². The molecule has 30 heavy (non-hydrogen) atoms. The molecule has 1 spiro atoms. The fourth-order valence-corrected chi connectivity index (χ4v) is 6.37. The topological polar surface area (TPSA) is 68.3 Å². The lowest BCUT2D eigenvalue weighted by Gasteiger charge is -2.33. The normalized spacial score (nSPS) is 25.3. The Labute approximate surface area is 177 Å². The number of sulfonamides is 1. The summed E-state index contributed by atoms with van der Waals surface area (Å²) < 4.78 is 45.5. The van der Waals surface area contributed by atoms with Crippen LogP contribution in [-0.2, 0) is 16.6 Å². The Kier molecular flexibility index (Phi) is 4.68. The average Bonchev–Trinajstić information content (AvgIpc) is 3.31. The van der Waals surface area contributed by atoms with Gasteiger partial charge < -0.3 is 14.2 Å². The minimum atomic E-state index is -3.61. The zero-order valence-electron chi connectivity index (χ0n) is 17.2. The van der Waals surface area contributed by atoms with E-state index >= 15 is 0 Å². The van der Waals surface area contributed by atoms with E-state index in [1.54, 1.807) is 22.5 Å². The number of ether oxygens (including phenoxy) is 3. The highest BCUT2D eigenvalue weighted by molar-refractivity contribution is 7.89. The Morgan fingerprint density at radius 1 is 1.03 bits per heavy atom. The Morgan fingerprint density at radius 2 is 1.83 bits per heavy atom. The van der Waals surface area contributed by atoms with Crippen LogP contribution in [0, 0.1) is 0 Å². The lowest BCUT2D eigenvalue weighted by Crippen LogP contribution is -2.51. The molecule has 0 saturated carbocycles. The summed E-state index contributed by atoms with van der Waals surface area (Å²) >= 11 is 0. The van der Waals surface area contributed by atoms with Gasteiger partial charge in [-0.2, -0.15) is 4.31 Å². The van der Waals surface area contributed by atoms with E-state index in [1.807, 2.05) is 38.1 Å². The predicted molar refractivity (Wildman–Crippen MR) is 111 cm³/mol. The molecule has 1 fully saturated rings. The molecule has 3 heterocycles. The number of rotatable bonds is 3. The van der Waals surface area contributed by atoms with E-state index in [4.69, 9.17) is 14.2 Å². The van der Waals surface area contributed by atoms with Gasteiger partial charge in [-0.05, 0) is 43.7 Å². The van der Waals surface area contributed by atoms with Crippen molar-refractivity contribution in [1.29, 1.82) is 0 Å². The Hall–Kier alpha value is -2.29. The molecule has 7 nitrogen and oxygen atoms in total. The maximum Gasteiger partial charge on any atom is 0.247 e. The van der Waals surface area contributed by atoms with Crippen LogP contribution in [0.2, 0.25) is 0 Å². The third-order valence-electron chi connectivity index (χ3n) is 6.02. The summed E-state index contributed by atoms with van der Waals surface area (Å²) in [7, 11) is -3.61. The molecule has 2 aromatic carbocycles. The molecule has 0 N–H and O–H groups in total. The molecule has 1 atom stereocenters. The van der Waals surface area contributed by atoms with E-state index in [1.165, 1.54) is 0 Å². The van der Waals surface area contributed by atoms with Gasteiger partial charge in [-0.3, -0.25) is 4.90 Å². The Morgan fingerprint density at radius 3 is 2.67 bits per heavy atom. The predicted octanol–water partition coefficient (Wildman–Crippen LogP) is 2.85. The maximum absolute atomic E-state index is 13.3. The quantitative estimate of drug-likeness (QED) is 0.746. The van der Waals surface area contributed by atoms with Crippen molar-refractivity contribution in [3.63, 3.8) is 0 Å². The lowest BCUT2D eigenvalue weighted by atomic mass is 10.0. The van der Waals surface area contributed by atoms with Crippen LogP contribution in [0.5, 0.6) is 17.2 Å². The minimum Gasteiger partial charge on any atom is -0.483 e. The number of benzene rings is 2. The van der Waals surface area contributed by atoms with Gasteiger partial charge in [0.1, 0.15) is 16.2 Å². The number of nitrogens with zero attached hydrogens (tertiary/aromatic N) is 2. The standard InChI is InChI=1S/C22H26N2O5S/c1-16(2)24-14-22(29-19-5-3-4-6-21(19)30(24,25)26)9-10-23(13-22)12-17-7-8-18-20(11-17)28-15-27-18/h3-8,11,16H,9-10,12-15H2,1-2H3/t22-/m1/s1. The third kappa shape index (κ3) is 3.33. The van der Waals surface area contributed by atoms with E-state index in [0.717, 1.165) is 36.6 Å². The fourth-order valence-electron chi connectivity index (χ4n) is 4.54. The number of hydrogen-bond acceptors (Lipinski definition) is 6. The molecular formula is C22H26N2O5S. The van der Waals surface area contributed by atoms with Crippen LogP contribution < -0.4 is 14.2 Å². The van der Waals surface area contributed by atoms with Gasteiger partial charge in [-0.1, -0.05) is 18.2 Å². The van der Waals surface area contributed by atoms with Crippen LogP contribution in [0.1, 0.15) is 25.8 Å². The Balaban J connectivity index is 1.42. The van der Waals surface area contributed by atoms with Gasteiger partial charge in [-0.25, -0.2) is 8.42 Å². The highest BCUT2D eigenvalue weighted by Gasteiger charge is 2.48. The van der Waals surface area contributed by atoms with Crippen LogP contribution in [0.3, 0.4) is 0 Å². The summed E-state index contributed by atoms with van der Waals surface area (Å²) in [5, 5.41) is 0. The van der Waals surface area contributed by atoms with Crippen molar-refractivity contribution in [3.8, 4) is 17.2 Å². The van der Waals surface area contributed by atoms with Crippen LogP contribution in [0.25, 0.3) is 0 Å². The van der Waals surface area contributed by atoms with E-state index in [-0.39, 0.29) is 17.7 Å². The summed E-state index contributed by atoms with van der Waals surface area (Å²) in [5.74, 6) is 2.00. The summed E-state index contributed by atoms with van der Waals surface area (Å²) in [5.41, 5.74) is 0.568. The first-order valence-electron chi connectivity index (χ1n) is 10.3. The van der Waals surface area contributed by atoms with E-state index < -0.39 is 15.6 Å². The van der Waals surface area contributed by atoms with Crippen LogP contribution in [0.15, 0.2) is 47.4 Å². The molecule has 0 unspecified atom stereocenters. The van der Waals surface area contributed by atoms with Gasteiger partial charge in [0.25, 0.3) is 0 Å². The van der Waals surface area contributed by atoms with Gasteiger partial charge in [-0.15, -0.1) is 0 Å². The third-order valence-corrected chi connectivity index (χ3v) is 8.08. The minimum absolute atomic E-state index is 0.149. The van der Waals surface area contributed by atoms with Crippen molar-refractivity contribution in [2.24, 2.45) is 0 Å². The zero-order chi connectivity index (χ0) is 20.9. The lowest BCUT2D eigenvalue weighted by molar-refractivity contribution is 0.0532. The van der Waals surface area contributed by atoms with Crippen LogP contribution >= 0.6 is 0 Å². The molecule has 0 aromatic heterocycles. The summed E-state index contributed by atoms with van der Waals surface area (Å²) in [4.78, 5) is 2.57. The average molecular weight is 431 g/mol. The molecule has 3 aliphatic rings. The van der Waals surface area contributed by atoms with Gasteiger partial charge in [0, 0.05) is 32.1 Å². The molecular weight excluding hydrogens is 404 g/mol. The number of para-hydroxylation sites is 1. The van der Waals surface area contributed by atoms with Crippen molar-refractivity contribution < 1.29 is 22.6 Å². The highest BCUT2D eigenvalue weighted by Crippen LogP contribution is 2.40. The van der Waals surface area contributed by atoms with Crippen molar-refractivity contribution in [2.45, 2.75) is 43.4 Å². The number of likely N-dealkylation sites (tertiary alicyclic amines) is 1. The highest BCUT2D eigenvalue weighted by atomic mass is 32.2. The SMILES string of the molecule is CC(C)N1C[C@]2(CCN(Cc3ccc4c(c3)OCO4)C2)Oc2ccccc2S1(=O)=O. The zero-order valence-corrected chi connectivity index (χ0v) is 18.0. The molecule has 0 amide bonds. The molecule has 0 bridgehead atoms. The van der Waals surface area contributed by atoms with Gasteiger partial charge in [0.15, 0.2) is 11.5 Å². The first-order chi connectivity index (χ1) is 14.4. The molecule has 3 aliphatic heterocycles. The van der Waals surface area contributed by atoms with Crippen molar-refractivity contribution in [2.75, 3.05) is 26.4 Å². The van der Waals surface area contributed by atoms with Crippen LogP contribution in [-0.4, -0.2) is 55.7 Å². The van der Waals surface area contributed by atoms with Gasteiger partial charge in [0.2, 0.25) is 16.8 Å². The maximum atomic E-state index is 13.3. The largest absolute Gasteiger partial charge is 0.483 e. The molecule has 0 radical (unpaired) electrons. The van der Waals surface area contributed by atoms with E-state index in [2.05, 4.69) is 4.90 Å². The molecule has 5 rings (SSSR count). The monoisotopic (exact) mass is 430 g/mol. The number of fused-ring (bicyclic) bond motifs is 2. The summed E-state index contributed by atoms with van der Waals surface area (Å²) in [6.07, 6.45) is 0.768. The molecule has 0 aliphatic carbocycles. The van der Waals surface area contributed by atoms with Gasteiger partial charge in [0.05, 0.1) is 6.54 Å². The smallest absolute Gasteiger partial charge is 0.247 e. The summed E-state index contributed by atoms with van der Waals surface area (Å²) in [6.45, 7) is 6.68. The fraction of sp³-hybridized carbons (Fsp3) is 0.455. The molecule has 1 saturated heterocycles. The second-order valence-corrected chi connectivity index (χ2v) is 10.4. The van der Waals surface area contributed by atoms with Crippen molar-refractivity contribution in [3.05, 3.63) is 48.0 Å². The Bertz CT molecular complexity index is 1070. The molecule has 2 aromatic rings. The summed E-state index contributed by atoms with van der Waals surface area (Å²) in [6, 6.07) is 12.8. The second-order valence-electron chi connectivity index (χ2n) is 8.52. The van der Waals surface area contributed by atoms with E-state index in [0.29, 0.717) is 18.8 Å². The van der Waals surface area contributed by atoms with Gasteiger partial charge >= 0.3 is 0 Å². The molecule has 8 heteroatoms. The second kappa shape index (κ2) is 7.14. The van der Waals surface area contributed by atoms with Crippen molar-refractivity contribution >= 4 is 10.0 Å². The van der Waals surface area contributed by atoms with Crippen LogP contribution in [0.4, 0.5) is 0 Å². The van der Waals surface area contributed by atoms with E-state index in [9.17, 15) is 8.42 Å². The first-order valence-corrected chi connectivity index (χ1v) is 11.7. The number of hydrogen-bond donors (Lipinski definition) is 0. The first kappa shape index (κ1) is 19.7. The molecule has 160 valence electrons.